The van der Waals surface area contributed by atoms with Crippen molar-refractivity contribution in [1.82, 2.24) is 5.32 Å². The molecule has 2 aromatic rings. The zero-order valence-corrected chi connectivity index (χ0v) is 15.3. The molecular formula is C20H24N4O3. The SMILES string of the molecule is CCCCNC(=O)Cc1ccc(OC(=O)c2ccc(N=C(N)N)cc2)cc1. The van der Waals surface area contributed by atoms with Gasteiger partial charge in [-0.25, -0.2) is 9.79 Å². The molecule has 7 heteroatoms. The van der Waals surface area contributed by atoms with Crippen molar-refractivity contribution in [3.63, 3.8) is 0 Å². The summed E-state index contributed by atoms with van der Waals surface area (Å²) < 4.78 is 5.34. The predicted octanol–water partition coefficient (Wildman–Crippen LogP) is 2.27. The lowest BCUT2D eigenvalue weighted by Crippen LogP contribution is -2.25. The van der Waals surface area contributed by atoms with Crippen molar-refractivity contribution in [3.05, 3.63) is 59.7 Å². The highest BCUT2D eigenvalue weighted by Crippen LogP contribution is 2.17. The van der Waals surface area contributed by atoms with E-state index in [1.54, 1.807) is 48.5 Å². The molecule has 0 saturated carbocycles. The van der Waals surface area contributed by atoms with Crippen LogP contribution in [0.3, 0.4) is 0 Å². The van der Waals surface area contributed by atoms with Crippen LogP contribution in [0.1, 0.15) is 35.7 Å². The fourth-order valence-corrected chi connectivity index (χ4v) is 2.31. The molecule has 0 atom stereocenters. The van der Waals surface area contributed by atoms with E-state index in [0.717, 1.165) is 18.4 Å². The third-order valence-electron chi connectivity index (χ3n) is 3.71. The summed E-state index contributed by atoms with van der Waals surface area (Å²) in [6.07, 6.45) is 2.30. The number of aliphatic imine (C=N–C) groups is 1. The molecule has 0 heterocycles. The van der Waals surface area contributed by atoms with E-state index in [4.69, 9.17) is 16.2 Å². The van der Waals surface area contributed by atoms with Crippen LogP contribution >= 0.6 is 0 Å². The number of benzene rings is 2. The lowest BCUT2D eigenvalue weighted by Gasteiger charge is -2.07. The molecule has 0 unspecified atom stereocenters. The number of hydrogen-bond acceptors (Lipinski definition) is 4. The summed E-state index contributed by atoms with van der Waals surface area (Å²) in [6, 6.07) is 13.3. The van der Waals surface area contributed by atoms with Crippen LogP contribution < -0.4 is 21.5 Å². The maximum absolute atomic E-state index is 12.2. The van der Waals surface area contributed by atoms with Gasteiger partial charge in [0.15, 0.2) is 5.96 Å². The molecule has 0 aliphatic rings. The van der Waals surface area contributed by atoms with Gasteiger partial charge in [0.2, 0.25) is 5.91 Å². The quantitative estimate of drug-likeness (QED) is 0.217. The molecule has 27 heavy (non-hydrogen) atoms. The van der Waals surface area contributed by atoms with Gasteiger partial charge in [0.05, 0.1) is 17.7 Å². The molecule has 2 aromatic carbocycles. The third-order valence-corrected chi connectivity index (χ3v) is 3.71. The summed E-state index contributed by atoms with van der Waals surface area (Å²) in [4.78, 5) is 27.9. The number of nitrogens with two attached hydrogens (primary N) is 2. The minimum Gasteiger partial charge on any atom is -0.423 e. The Kier molecular flexibility index (Phi) is 7.37. The van der Waals surface area contributed by atoms with E-state index in [0.29, 0.717) is 30.0 Å². The molecule has 0 spiro atoms. The molecule has 0 fully saturated rings. The number of nitrogens with zero attached hydrogens (tertiary/aromatic N) is 1. The van der Waals surface area contributed by atoms with Gasteiger partial charge >= 0.3 is 5.97 Å². The van der Waals surface area contributed by atoms with Crippen molar-refractivity contribution in [2.24, 2.45) is 16.5 Å². The lowest BCUT2D eigenvalue weighted by atomic mass is 10.1. The number of carbonyl (C=O) groups excluding carboxylic acids is 2. The van der Waals surface area contributed by atoms with Crippen molar-refractivity contribution >= 4 is 23.5 Å². The van der Waals surface area contributed by atoms with Gasteiger partial charge in [-0.15, -0.1) is 0 Å². The molecular weight excluding hydrogens is 344 g/mol. The van der Waals surface area contributed by atoms with Crippen LogP contribution in [0.5, 0.6) is 5.75 Å². The number of amides is 1. The fraction of sp³-hybridized carbons (Fsp3) is 0.250. The lowest BCUT2D eigenvalue weighted by molar-refractivity contribution is -0.120. The topological polar surface area (TPSA) is 120 Å². The normalized spacial score (nSPS) is 10.1. The van der Waals surface area contributed by atoms with Gasteiger partial charge in [-0.05, 0) is 48.4 Å². The summed E-state index contributed by atoms with van der Waals surface area (Å²) in [5.41, 5.74) is 12.4. The monoisotopic (exact) mass is 368 g/mol. The fourth-order valence-electron chi connectivity index (χ4n) is 2.31. The number of unbranched alkanes of at least 4 members (excludes halogenated alkanes) is 1. The number of esters is 1. The number of rotatable bonds is 8. The van der Waals surface area contributed by atoms with E-state index in [9.17, 15) is 9.59 Å². The van der Waals surface area contributed by atoms with Crippen molar-refractivity contribution in [2.45, 2.75) is 26.2 Å². The van der Waals surface area contributed by atoms with E-state index in [2.05, 4.69) is 17.2 Å². The van der Waals surface area contributed by atoms with E-state index < -0.39 is 5.97 Å². The van der Waals surface area contributed by atoms with Crippen LogP contribution in [0.15, 0.2) is 53.5 Å². The summed E-state index contributed by atoms with van der Waals surface area (Å²) in [5, 5.41) is 2.87. The second-order valence-electron chi connectivity index (χ2n) is 6.00. The van der Waals surface area contributed by atoms with Gasteiger partial charge < -0.3 is 21.5 Å². The minimum atomic E-state index is -0.490. The van der Waals surface area contributed by atoms with Crippen molar-refractivity contribution < 1.29 is 14.3 Å². The average molecular weight is 368 g/mol. The van der Waals surface area contributed by atoms with Gasteiger partial charge in [0, 0.05) is 6.54 Å². The van der Waals surface area contributed by atoms with Crippen molar-refractivity contribution in [2.75, 3.05) is 6.54 Å². The first kappa shape index (κ1) is 20.0. The van der Waals surface area contributed by atoms with Gasteiger partial charge in [0.25, 0.3) is 0 Å². The third kappa shape index (κ3) is 6.81. The Morgan fingerprint density at radius 2 is 1.70 bits per heavy atom. The average Bonchev–Trinajstić information content (AvgIpc) is 2.63. The molecule has 0 aromatic heterocycles. The summed E-state index contributed by atoms with van der Waals surface area (Å²) in [5.74, 6) is -0.154. The maximum atomic E-state index is 12.2. The number of nitrogens with one attached hydrogen (secondary N) is 1. The van der Waals surface area contributed by atoms with Gasteiger partial charge in [0.1, 0.15) is 5.75 Å². The number of hydrogen-bond donors (Lipinski definition) is 3. The maximum Gasteiger partial charge on any atom is 0.343 e. The molecule has 0 saturated heterocycles. The second kappa shape index (κ2) is 9.96. The molecule has 0 bridgehead atoms. The largest absolute Gasteiger partial charge is 0.423 e. The Hall–Kier alpha value is -3.35. The number of guanidine groups is 1. The highest BCUT2D eigenvalue weighted by atomic mass is 16.5. The number of ether oxygens (including phenoxy) is 1. The summed E-state index contributed by atoms with van der Waals surface area (Å²) in [6.45, 7) is 2.76. The van der Waals surface area contributed by atoms with E-state index >= 15 is 0 Å². The summed E-state index contributed by atoms with van der Waals surface area (Å²) >= 11 is 0. The molecule has 1 amide bonds. The highest BCUT2D eigenvalue weighted by molar-refractivity contribution is 5.91. The smallest absolute Gasteiger partial charge is 0.343 e. The van der Waals surface area contributed by atoms with Crippen LogP contribution in [-0.4, -0.2) is 24.4 Å². The molecule has 0 aliphatic heterocycles. The van der Waals surface area contributed by atoms with E-state index in [1.807, 2.05) is 0 Å². The minimum absolute atomic E-state index is 0.0194. The molecule has 5 N–H and O–H groups in total. The van der Waals surface area contributed by atoms with Crippen LogP contribution in [0.2, 0.25) is 0 Å². The van der Waals surface area contributed by atoms with Crippen LogP contribution in [0.25, 0.3) is 0 Å². The molecule has 0 radical (unpaired) electrons. The van der Waals surface area contributed by atoms with Crippen LogP contribution in [-0.2, 0) is 11.2 Å². The summed E-state index contributed by atoms with van der Waals surface area (Å²) in [7, 11) is 0. The highest BCUT2D eigenvalue weighted by Gasteiger charge is 2.09. The van der Waals surface area contributed by atoms with Gasteiger partial charge in [-0.1, -0.05) is 25.5 Å². The van der Waals surface area contributed by atoms with Gasteiger partial charge in [-0.3, -0.25) is 4.79 Å². The Labute approximate surface area is 158 Å². The van der Waals surface area contributed by atoms with E-state index in [-0.39, 0.29) is 11.9 Å². The van der Waals surface area contributed by atoms with E-state index in [1.165, 1.54) is 0 Å². The van der Waals surface area contributed by atoms with Crippen molar-refractivity contribution in [3.8, 4) is 5.75 Å². The number of carbonyl (C=O) groups is 2. The van der Waals surface area contributed by atoms with Crippen LogP contribution in [0, 0.1) is 0 Å². The Balaban J connectivity index is 1.90. The van der Waals surface area contributed by atoms with Crippen LogP contribution in [0.4, 0.5) is 5.69 Å². The predicted molar refractivity (Wildman–Crippen MR) is 105 cm³/mol. The van der Waals surface area contributed by atoms with Crippen molar-refractivity contribution in [1.29, 1.82) is 0 Å². The Morgan fingerprint density at radius 3 is 2.30 bits per heavy atom. The Morgan fingerprint density at radius 1 is 1.04 bits per heavy atom. The van der Waals surface area contributed by atoms with Gasteiger partial charge in [-0.2, -0.15) is 0 Å². The first-order valence-electron chi connectivity index (χ1n) is 8.75. The zero-order valence-electron chi connectivity index (χ0n) is 15.3. The standard InChI is InChI=1S/C20H24N4O3/c1-2-3-12-23-18(25)13-14-4-10-17(11-5-14)27-19(26)15-6-8-16(9-7-15)24-20(21)22/h4-11H,2-3,12-13H2,1H3,(H,23,25)(H4,21,22,24). The first-order chi connectivity index (χ1) is 13.0. The molecule has 142 valence electrons. The molecule has 7 nitrogen and oxygen atoms in total. The molecule has 0 aliphatic carbocycles. The Bertz CT molecular complexity index is 795. The second-order valence-corrected chi connectivity index (χ2v) is 6.00. The first-order valence-corrected chi connectivity index (χ1v) is 8.75. The zero-order chi connectivity index (χ0) is 19.6. The molecule has 2 rings (SSSR count).